The Labute approximate surface area is 140 Å². The van der Waals surface area contributed by atoms with Crippen LogP contribution in [-0.2, 0) is 4.79 Å². The molecule has 3 saturated carbocycles. The van der Waals surface area contributed by atoms with Crippen molar-refractivity contribution in [2.45, 2.75) is 71.1 Å². The van der Waals surface area contributed by atoms with E-state index in [1.807, 2.05) is 6.08 Å². The van der Waals surface area contributed by atoms with Crippen molar-refractivity contribution in [3.63, 3.8) is 0 Å². The highest BCUT2D eigenvalue weighted by atomic mass is 16.3. The smallest absolute Gasteiger partial charge is 0.155 e. The second-order valence-corrected chi connectivity index (χ2v) is 8.72. The normalized spacial score (nSPS) is 45.9. The summed E-state index contributed by atoms with van der Waals surface area (Å²) < 4.78 is 0. The van der Waals surface area contributed by atoms with Gasteiger partial charge in [-0.15, -0.1) is 0 Å². The molecule has 0 bridgehead atoms. The first-order valence-electron chi connectivity index (χ1n) is 10.0. The van der Waals surface area contributed by atoms with E-state index < -0.39 is 0 Å². The molecule has 0 aromatic rings. The average Bonchev–Trinajstić information content (AvgIpc) is 2.94. The van der Waals surface area contributed by atoms with Crippen LogP contribution in [0.1, 0.15) is 71.1 Å². The molecule has 0 aromatic carbocycles. The number of aliphatic hydroxyl groups excluding tert-OH is 1. The van der Waals surface area contributed by atoms with Crippen molar-refractivity contribution in [3.05, 3.63) is 11.6 Å². The number of aliphatic hydroxyl groups is 1. The van der Waals surface area contributed by atoms with Gasteiger partial charge in [-0.25, -0.2) is 0 Å². The topological polar surface area (TPSA) is 37.3 Å². The van der Waals surface area contributed by atoms with E-state index in [-0.39, 0.29) is 0 Å². The van der Waals surface area contributed by atoms with E-state index in [1.54, 1.807) is 0 Å². The van der Waals surface area contributed by atoms with Crippen molar-refractivity contribution in [2.24, 2.45) is 35.0 Å². The minimum Gasteiger partial charge on any atom is -0.396 e. The molecule has 6 atom stereocenters. The zero-order valence-electron chi connectivity index (χ0n) is 14.6. The molecule has 2 heteroatoms. The SMILES string of the molecule is CC[C@]12CC[C@H]3[C@@H](CCC4=CC(=O)CC[C@@H]43)[C@@H]1CC[C@H]2CCO. The molecule has 0 saturated heterocycles. The van der Waals surface area contributed by atoms with Crippen LogP contribution in [0.2, 0.25) is 0 Å². The summed E-state index contributed by atoms with van der Waals surface area (Å²) in [4.78, 5) is 11.8. The molecule has 4 rings (SSSR count). The second-order valence-electron chi connectivity index (χ2n) is 8.72. The zero-order valence-corrected chi connectivity index (χ0v) is 14.6. The number of fused-ring (bicyclic) bond motifs is 5. The first-order valence-corrected chi connectivity index (χ1v) is 10.0. The third-order valence-electron chi connectivity index (χ3n) is 8.33. The predicted molar refractivity (Wildman–Crippen MR) is 91.9 cm³/mol. The Kier molecular flexibility index (Phi) is 4.16. The number of allylic oxidation sites excluding steroid dienone is 1. The summed E-state index contributed by atoms with van der Waals surface area (Å²) >= 11 is 0. The molecule has 0 aliphatic heterocycles. The fraction of sp³-hybridized carbons (Fsp3) is 0.857. The zero-order chi connectivity index (χ0) is 16.0. The van der Waals surface area contributed by atoms with Gasteiger partial charge >= 0.3 is 0 Å². The molecule has 0 radical (unpaired) electrons. The van der Waals surface area contributed by atoms with Crippen molar-refractivity contribution in [1.82, 2.24) is 0 Å². The fourth-order valence-corrected chi connectivity index (χ4v) is 7.42. The van der Waals surface area contributed by atoms with Crippen LogP contribution in [0.25, 0.3) is 0 Å². The Balaban J connectivity index is 1.60. The van der Waals surface area contributed by atoms with Gasteiger partial charge < -0.3 is 5.11 Å². The lowest BCUT2D eigenvalue weighted by atomic mass is 9.50. The summed E-state index contributed by atoms with van der Waals surface area (Å²) in [6.45, 7) is 2.77. The fourth-order valence-electron chi connectivity index (χ4n) is 7.42. The van der Waals surface area contributed by atoms with Crippen LogP contribution in [0, 0.1) is 35.0 Å². The summed E-state index contributed by atoms with van der Waals surface area (Å²) in [6.07, 6.45) is 14.2. The Hall–Kier alpha value is -0.630. The number of carbonyl (C=O) groups is 1. The van der Waals surface area contributed by atoms with Gasteiger partial charge in [0.2, 0.25) is 0 Å². The van der Waals surface area contributed by atoms with Gasteiger partial charge in [-0.3, -0.25) is 4.79 Å². The minimum absolute atomic E-state index is 0.366. The van der Waals surface area contributed by atoms with Crippen LogP contribution in [0.15, 0.2) is 11.6 Å². The van der Waals surface area contributed by atoms with Gasteiger partial charge in [-0.1, -0.05) is 12.5 Å². The summed E-state index contributed by atoms with van der Waals surface area (Å²) in [5, 5.41) is 9.50. The molecular formula is C21H32O2. The van der Waals surface area contributed by atoms with Crippen LogP contribution in [-0.4, -0.2) is 17.5 Å². The van der Waals surface area contributed by atoms with Crippen LogP contribution in [0.4, 0.5) is 0 Å². The molecule has 0 aromatic heterocycles. The van der Waals surface area contributed by atoms with Crippen LogP contribution >= 0.6 is 0 Å². The van der Waals surface area contributed by atoms with Crippen LogP contribution in [0.5, 0.6) is 0 Å². The second kappa shape index (κ2) is 6.02. The lowest BCUT2D eigenvalue weighted by molar-refractivity contribution is -0.116. The van der Waals surface area contributed by atoms with E-state index in [0.717, 1.165) is 48.9 Å². The maximum atomic E-state index is 11.8. The molecule has 2 nitrogen and oxygen atoms in total. The van der Waals surface area contributed by atoms with E-state index in [2.05, 4.69) is 6.92 Å². The number of hydrogen-bond acceptors (Lipinski definition) is 2. The number of ketones is 1. The van der Waals surface area contributed by atoms with E-state index >= 15 is 0 Å². The minimum atomic E-state index is 0.366. The van der Waals surface area contributed by atoms with E-state index in [1.165, 1.54) is 50.5 Å². The maximum absolute atomic E-state index is 11.8. The van der Waals surface area contributed by atoms with Gasteiger partial charge in [-0.2, -0.15) is 0 Å². The van der Waals surface area contributed by atoms with Crippen LogP contribution in [0.3, 0.4) is 0 Å². The van der Waals surface area contributed by atoms with E-state index in [0.29, 0.717) is 17.8 Å². The molecular weight excluding hydrogens is 284 g/mol. The number of hydrogen-bond donors (Lipinski definition) is 1. The largest absolute Gasteiger partial charge is 0.396 e. The van der Waals surface area contributed by atoms with Crippen LogP contribution < -0.4 is 0 Å². The Bertz CT molecular complexity index is 508. The van der Waals surface area contributed by atoms with Crippen molar-refractivity contribution in [1.29, 1.82) is 0 Å². The van der Waals surface area contributed by atoms with Gasteiger partial charge in [-0.05, 0) is 98.9 Å². The highest BCUT2D eigenvalue weighted by Gasteiger charge is 2.57. The first kappa shape index (κ1) is 15.9. The van der Waals surface area contributed by atoms with Gasteiger partial charge in [0.1, 0.15) is 0 Å². The third kappa shape index (κ3) is 2.35. The first-order chi connectivity index (χ1) is 11.2. The predicted octanol–water partition coefficient (Wildman–Crippen LogP) is 4.52. The van der Waals surface area contributed by atoms with E-state index in [4.69, 9.17) is 0 Å². The highest BCUT2D eigenvalue weighted by molar-refractivity contribution is 5.91. The van der Waals surface area contributed by atoms with Gasteiger partial charge in [0, 0.05) is 13.0 Å². The number of carbonyl (C=O) groups excluding carboxylic acids is 1. The van der Waals surface area contributed by atoms with Crippen molar-refractivity contribution in [3.8, 4) is 0 Å². The highest BCUT2D eigenvalue weighted by Crippen LogP contribution is 2.65. The monoisotopic (exact) mass is 316 g/mol. The average molecular weight is 316 g/mol. The summed E-state index contributed by atoms with van der Waals surface area (Å²) in [5.74, 6) is 4.48. The Morgan fingerprint density at radius 2 is 2.00 bits per heavy atom. The quantitative estimate of drug-likeness (QED) is 0.831. The molecule has 0 heterocycles. The van der Waals surface area contributed by atoms with Gasteiger partial charge in [0.05, 0.1) is 0 Å². The van der Waals surface area contributed by atoms with Gasteiger partial charge in [0.15, 0.2) is 5.78 Å². The van der Waals surface area contributed by atoms with Crippen molar-refractivity contribution in [2.75, 3.05) is 6.61 Å². The number of rotatable bonds is 3. The van der Waals surface area contributed by atoms with Gasteiger partial charge in [0.25, 0.3) is 0 Å². The molecule has 0 unspecified atom stereocenters. The molecule has 1 N–H and O–H groups in total. The standard InChI is InChI=1S/C21H32O2/c1-2-21-11-9-18-17-7-5-16(23)13-14(17)3-6-19(18)20(21)8-4-15(21)10-12-22/h13,15,17-20,22H,2-12H2,1H3/t15-,17-,18+,19+,20-,21+/m0/s1. The molecule has 128 valence electrons. The lowest BCUT2D eigenvalue weighted by Crippen LogP contribution is -2.47. The Morgan fingerprint density at radius 1 is 1.13 bits per heavy atom. The Morgan fingerprint density at radius 3 is 2.78 bits per heavy atom. The molecule has 4 aliphatic carbocycles. The summed E-state index contributed by atoms with van der Waals surface area (Å²) in [7, 11) is 0. The lowest BCUT2D eigenvalue weighted by Gasteiger charge is -2.55. The molecule has 0 spiro atoms. The van der Waals surface area contributed by atoms with E-state index in [9.17, 15) is 9.90 Å². The maximum Gasteiger partial charge on any atom is 0.155 e. The molecule has 23 heavy (non-hydrogen) atoms. The van der Waals surface area contributed by atoms with Crippen molar-refractivity contribution < 1.29 is 9.90 Å². The third-order valence-corrected chi connectivity index (χ3v) is 8.33. The molecule has 3 fully saturated rings. The summed E-state index contributed by atoms with van der Waals surface area (Å²) in [5.41, 5.74) is 2.02. The summed E-state index contributed by atoms with van der Waals surface area (Å²) in [6, 6.07) is 0. The molecule has 0 amide bonds. The molecule has 4 aliphatic rings. The van der Waals surface area contributed by atoms with Crippen molar-refractivity contribution >= 4 is 5.78 Å².